The van der Waals surface area contributed by atoms with Crippen LogP contribution in [-0.2, 0) is 0 Å². The molecule has 0 aromatic heterocycles. The van der Waals surface area contributed by atoms with Crippen LogP contribution < -0.4 is 0 Å². The molecule has 0 spiro atoms. The van der Waals surface area contributed by atoms with Crippen LogP contribution in [0, 0.1) is 0 Å². The van der Waals surface area contributed by atoms with Gasteiger partial charge in [0.15, 0.2) is 0 Å². The average molecular weight is 548 g/mol. The van der Waals surface area contributed by atoms with E-state index in [0.717, 1.165) is 14.1 Å². The predicted octanol–water partition coefficient (Wildman–Crippen LogP) is 7.26. The van der Waals surface area contributed by atoms with Gasteiger partial charge < -0.3 is 4.48 Å². The van der Waals surface area contributed by atoms with Gasteiger partial charge in [0.1, 0.15) is 0 Å². The fourth-order valence-electron chi connectivity index (χ4n) is 2.49. The molecule has 0 aliphatic heterocycles. The molecule has 0 radical (unpaired) electrons. The molecule has 0 saturated carbocycles. The summed E-state index contributed by atoms with van der Waals surface area (Å²) < 4.78 is 224. The van der Waals surface area contributed by atoms with Gasteiger partial charge in [0.2, 0.25) is 0 Å². The highest BCUT2D eigenvalue weighted by Crippen LogP contribution is 2.64. The largest absolute Gasteiger partial charge is 0.460 e. The first-order valence-corrected chi connectivity index (χ1v) is 9.05. The minimum absolute atomic E-state index is 0.0402. The molecule has 0 saturated heterocycles. The number of nitrogens with zero attached hydrogens (tertiary/aromatic N) is 1. The van der Waals surface area contributed by atoms with Crippen LogP contribution in [0.25, 0.3) is 0 Å². The summed E-state index contributed by atoms with van der Waals surface area (Å²) in [6, 6.07) is 0. The van der Waals surface area contributed by atoms with E-state index in [9.17, 15) is 74.6 Å². The second-order valence-corrected chi connectivity index (χ2v) is 8.14. The van der Waals surface area contributed by atoms with E-state index in [1.165, 1.54) is 0 Å². The lowest BCUT2D eigenvalue weighted by atomic mass is 9.88. The van der Waals surface area contributed by atoms with Crippen LogP contribution in [0.1, 0.15) is 26.2 Å². The fourth-order valence-corrected chi connectivity index (χ4v) is 2.49. The smallest absolute Gasteiger partial charge is 0.328 e. The van der Waals surface area contributed by atoms with Crippen LogP contribution in [0.4, 0.5) is 74.6 Å². The number of rotatable bonds is 12. The zero-order valence-electron chi connectivity index (χ0n) is 17.4. The summed E-state index contributed by atoms with van der Waals surface area (Å²) in [5, 5.41) is 0. The quantitative estimate of drug-likeness (QED) is 0.178. The Morgan fingerprint density at radius 3 is 1.12 bits per heavy atom. The Morgan fingerprint density at radius 1 is 0.471 bits per heavy atom. The van der Waals surface area contributed by atoms with Gasteiger partial charge in [0.05, 0.1) is 33.6 Å². The maximum absolute atomic E-state index is 13.9. The molecule has 0 N–H and O–H groups in total. The number of halogens is 17. The van der Waals surface area contributed by atoms with Crippen molar-refractivity contribution < 1.29 is 79.1 Å². The molecule has 1 nitrogen and oxygen atoms in total. The molecule has 0 rings (SSSR count). The highest BCUT2D eigenvalue weighted by molar-refractivity contribution is 5.15. The third kappa shape index (κ3) is 5.01. The van der Waals surface area contributed by atoms with Crippen LogP contribution >= 0.6 is 0 Å². The van der Waals surface area contributed by atoms with E-state index in [0.29, 0.717) is 6.42 Å². The second-order valence-electron chi connectivity index (χ2n) is 8.14. The minimum atomic E-state index is -8.58. The Bertz CT molecular complexity index is 692. The first-order valence-electron chi connectivity index (χ1n) is 9.05. The number of hydrogen-bond acceptors (Lipinski definition) is 0. The molecular weight excluding hydrogens is 529 g/mol. The van der Waals surface area contributed by atoms with Gasteiger partial charge in [-0.05, 0) is 6.42 Å². The van der Waals surface area contributed by atoms with Gasteiger partial charge in [0, 0.05) is 0 Å². The van der Waals surface area contributed by atoms with Crippen molar-refractivity contribution in [3.05, 3.63) is 0 Å². The second kappa shape index (κ2) is 9.01. The molecule has 206 valence electrons. The minimum Gasteiger partial charge on any atom is -0.328 e. The van der Waals surface area contributed by atoms with E-state index in [2.05, 4.69) is 0 Å². The zero-order chi connectivity index (χ0) is 28.0. The van der Waals surface area contributed by atoms with Gasteiger partial charge in [-0.1, -0.05) is 13.3 Å². The third-order valence-electron chi connectivity index (χ3n) is 4.94. The molecule has 0 aromatic rings. The molecule has 0 amide bonds. The SMILES string of the molecule is CCCC[N+](C)(C)CCC(F)(F)C(F)(F)C(F)(F)C(F)(F)C(F)(F)C(F)(F)C(F)(F)C(F)(F)F. The summed E-state index contributed by atoms with van der Waals surface area (Å²) in [4.78, 5) is 0. The molecule has 0 aliphatic rings. The molecule has 0 aromatic carbocycles. The lowest BCUT2D eigenvalue weighted by Crippen LogP contribution is -2.74. The maximum Gasteiger partial charge on any atom is 0.460 e. The van der Waals surface area contributed by atoms with Crippen molar-refractivity contribution in [2.45, 2.75) is 73.8 Å². The summed E-state index contributed by atoms with van der Waals surface area (Å²) in [5.41, 5.74) is 0. The van der Waals surface area contributed by atoms with Crippen molar-refractivity contribution in [2.75, 3.05) is 27.2 Å². The summed E-state index contributed by atoms with van der Waals surface area (Å²) in [6.45, 7) is 0.397. The van der Waals surface area contributed by atoms with Gasteiger partial charge >= 0.3 is 47.6 Å². The normalized spacial score (nSPS) is 16.2. The molecule has 34 heavy (non-hydrogen) atoms. The van der Waals surface area contributed by atoms with Crippen molar-refractivity contribution in [3.63, 3.8) is 0 Å². The fraction of sp³-hybridized carbons (Fsp3) is 1.00. The van der Waals surface area contributed by atoms with Crippen LogP contribution in [0.5, 0.6) is 0 Å². The standard InChI is InChI=1S/C16H19F17N/c1-4-5-7-34(2,3)8-6-9(17,18)10(19,20)11(21,22)12(23,24)13(25,26)14(27,28)15(29,30)16(31,32)33/h4-8H2,1-3H3/q+1. The van der Waals surface area contributed by atoms with E-state index in [4.69, 9.17) is 0 Å². The van der Waals surface area contributed by atoms with E-state index in [-0.39, 0.29) is 13.0 Å². The first-order chi connectivity index (χ1) is 14.5. The van der Waals surface area contributed by atoms with Crippen molar-refractivity contribution >= 4 is 0 Å². The number of unbranched alkanes of at least 4 members (excludes halogenated alkanes) is 1. The first kappa shape index (κ1) is 32.8. The molecule has 0 bridgehead atoms. The van der Waals surface area contributed by atoms with Crippen molar-refractivity contribution in [2.24, 2.45) is 0 Å². The zero-order valence-corrected chi connectivity index (χ0v) is 17.4. The van der Waals surface area contributed by atoms with E-state index in [1.807, 2.05) is 0 Å². The lowest BCUT2D eigenvalue weighted by Gasteiger charge is -2.43. The van der Waals surface area contributed by atoms with Crippen molar-refractivity contribution in [3.8, 4) is 0 Å². The summed E-state index contributed by atoms with van der Waals surface area (Å²) >= 11 is 0. The monoisotopic (exact) mass is 548 g/mol. The van der Waals surface area contributed by atoms with E-state index in [1.54, 1.807) is 6.92 Å². The molecule has 18 heteroatoms. The van der Waals surface area contributed by atoms with Crippen LogP contribution in [0.15, 0.2) is 0 Å². The molecule has 0 heterocycles. The summed E-state index contributed by atoms with van der Waals surface area (Å²) in [7, 11) is 2.20. The average Bonchev–Trinajstić information content (AvgIpc) is 2.63. The summed E-state index contributed by atoms with van der Waals surface area (Å²) in [6.07, 6.45) is -9.44. The molecule has 0 fully saturated rings. The van der Waals surface area contributed by atoms with Gasteiger partial charge in [-0.15, -0.1) is 0 Å². The highest BCUT2D eigenvalue weighted by atomic mass is 19.4. The maximum atomic E-state index is 13.9. The molecule has 0 atom stereocenters. The van der Waals surface area contributed by atoms with Crippen molar-refractivity contribution in [1.82, 2.24) is 0 Å². The Balaban J connectivity index is 6.40. The van der Waals surface area contributed by atoms with E-state index < -0.39 is 65.1 Å². The van der Waals surface area contributed by atoms with Gasteiger partial charge in [0.25, 0.3) is 0 Å². The Morgan fingerprint density at radius 2 is 0.794 bits per heavy atom. The Labute approximate surface area is 181 Å². The molecule has 0 unspecified atom stereocenters. The Kier molecular flexibility index (Phi) is 8.69. The lowest BCUT2D eigenvalue weighted by molar-refractivity contribution is -0.891. The van der Waals surface area contributed by atoms with Gasteiger partial charge in [-0.25, -0.2) is 0 Å². The van der Waals surface area contributed by atoms with E-state index >= 15 is 0 Å². The number of alkyl halides is 17. The molecule has 0 aliphatic carbocycles. The van der Waals surface area contributed by atoms with Crippen LogP contribution in [0.3, 0.4) is 0 Å². The van der Waals surface area contributed by atoms with Crippen molar-refractivity contribution in [1.29, 1.82) is 0 Å². The number of quaternary nitrogens is 1. The topological polar surface area (TPSA) is 0 Å². The Hall–Kier alpha value is -1.23. The molecular formula is C16H19F17N+. The van der Waals surface area contributed by atoms with Gasteiger partial charge in [-0.3, -0.25) is 0 Å². The summed E-state index contributed by atoms with van der Waals surface area (Å²) in [5.74, 6) is -55.9. The number of hydrogen-bond donors (Lipinski definition) is 0. The predicted molar refractivity (Wildman–Crippen MR) is 82.1 cm³/mol. The van der Waals surface area contributed by atoms with Crippen LogP contribution in [-0.4, -0.2) is 79.3 Å². The third-order valence-corrected chi connectivity index (χ3v) is 4.94. The van der Waals surface area contributed by atoms with Crippen LogP contribution in [0.2, 0.25) is 0 Å². The van der Waals surface area contributed by atoms with Gasteiger partial charge in [-0.2, -0.15) is 74.6 Å². The highest BCUT2D eigenvalue weighted by Gasteiger charge is 2.95.